The summed E-state index contributed by atoms with van der Waals surface area (Å²) >= 11 is 0. The molecule has 4 N–H and O–H groups in total. The molecule has 5 rings (SSSR count). The molecule has 0 aromatic heterocycles. The Morgan fingerprint density at radius 1 is 0.540 bits per heavy atom. The number of carbonyl (C=O) groups excluding carboxylic acids is 6. The van der Waals surface area contributed by atoms with Crippen LogP contribution in [0.2, 0.25) is 0 Å². The van der Waals surface area contributed by atoms with E-state index in [4.69, 9.17) is 9.47 Å². The molecule has 2 amide bonds. The number of amides is 2. The maximum absolute atomic E-state index is 13.5. The lowest BCUT2D eigenvalue weighted by atomic mass is 9.83. The molecule has 0 radical (unpaired) electrons. The molecule has 0 fully saturated rings. The zero-order chi connectivity index (χ0) is 35.6. The van der Waals surface area contributed by atoms with E-state index >= 15 is 0 Å². The molecule has 12 nitrogen and oxygen atoms in total. The molecule has 0 aliphatic heterocycles. The molecule has 256 valence electrons. The predicted molar refractivity (Wildman–Crippen MR) is 185 cm³/mol. The molecular formula is C38H36N4O8. The lowest BCUT2D eigenvalue weighted by Crippen LogP contribution is -2.43. The van der Waals surface area contributed by atoms with E-state index < -0.39 is 47.4 Å². The minimum atomic E-state index is -0.755. The maximum atomic E-state index is 13.5. The average Bonchev–Trinajstić information content (AvgIpc) is 3.14. The van der Waals surface area contributed by atoms with Gasteiger partial charge in [-0.3, -0.25) is 39.4 Å². The van der Waals surface area contributed by atoms with Gasteiger partial charge in [-0.05, 0) is 60.4 Å². The molecule has 0 spiro atoms. The number of benzene rings is 4. The van der Waals surface area contributed by atoms with Crippen LogP contribution in [0.4, 0.5) is 11.4 Å². The fourth-order valence-electron chi connectivity index (χ4n) is 5.61. The van der Waals surface area contributed by atoms with Crippen LogP contribution in [-0.4, -0.2) is 74.7 Å². The standard InChI is InChI=1S/C38H36N4O8/c1-49-37(47)31(17-23-9-5-3-6-10-23)39-21-33(43)41-25-13-15-27-29(19-25)35(45)28-16-14-26(20-30(28)36(27)46)42-34(44)22-40-32(38(48)50-2)18-24-11-7-4-8-12-24/h3-16,19-20,31-32,39-40H,17-18,21-22H2,1-2H3,(H,41,43)(H,42,44)/t31-,32-/m1/s1. The van der Waals surface area contributed by atoms with Crippen LogP contribution >= 0.6 is 0 Å². The highest BCUT2D eigenvalue weighted by Gasteiger charge is 2.31. The number of rotatable bonds is 14. The SMILES string of the molecule is COC(=O)[C@@H](Cc1ccccc1)NCC(=O)Nc1ccc2c(c1)C(=O)c1ccc(NC(=O)CN[C@H](Cc3ccccc3)C(=O)OC)cc1C2=O. The minimum absolute atomic E-state index is 0.123. The third-order valence-corrected chi connectivity index (χ3v) is 8.14. The molecule has 12 heteroatoms. The Labute approximate surface area is 288 Å². The number of methoxy groups -OCH3 is 2. The van der Waals surface area contributed by atoms with Crippen molar-refractivity contribution in [3.63, 3.8) is 0 Å². The van der Waals surface area contributed by atoms with Crippen molar-refractivity contribution in [1.82, 2.24) is 10.6 Å². The number of fused-ring (bicyclic) bond motifs is 2. The molecule has 0 heterocycles. The lowest BCUT2D eigenvalue weighted by Gasteiger charge is -2.20. The highest BCUT2D eigenvalue weighted by molar-refractivity contribution is 6.29. The molecular weight excluding hydrogens is 640 g/mol. The topological polar surface area (TPSA) is 169 Å². The average molecular weight is 677 g/mol. The van der Waals surface area contributed by atoms with Crippen LogP contribution in [0.25, 0.3) is 0 Å². The van der Waals surface area contributed by atoms with Gasteiger partial charge in [-0.2, -0.15) is 0 Å². The van der Waals surface area contributed by atoms with Gasteiger partial charge in [0.05, 0.1) is 27.3 Å². The molecule has 4 aromatic rings. The van der Waals surface area contributed by atoms with Gasteiger partial charge >= 0.3 is 11.9 Å². The van der Waals surface area contributed by atoms with Crippen molar-refractivity contribution in [3.05, 3.63) is 130 Å². The zero-order valence-corrected chi connectivity index (χ0v) is 27.5. The Morgan fingerprint density at radius 3 is 1.28 bits per heavy atom. The summed E-state index contributed by atoms with van der Waals surface area (Å²) in [6, 6.07) is 25.9. The third kappa shape index (κ3) is 8.73. The molecule has 0 bridgehead atoms. The Balaban J connectivity index is 1.20. The molecule has 0 unspecified atom stereocenters. The molecule has 1 aliphatic carbocycles. The van der Waals surface area contributed by atoms with E-state index in [0.29, 0.717) is 24.2 Å². The van der Waals surface area contributed by atoms with Gasteiger partial charge in [0.25, 0.3) is 0 Å². The summed E-state index contributed by atoms with van der Waals surface area (Å²) < 4.78 is 9.76. The van der Waals surface area contributed by atoms with Crippen LogP contribution in [0.1, 0.15) is 43.0 Å². The largest absolute Gasteiger partial charge is 0.468 e. The Morgan fingerprint density at radius 2 is 0.920 bits per heavy atom. The number of ketones is 2. The summed E-state index contributed by atoms with van der Waals surface area (Å²) in [5.41, 5.74) is 2.93. The van der Waals surface area contributed by atoms with Gasteiger partial charge in [-0.1, -0.05) is 60.7 Å². The summed E-state index contributed by atoms with van der Waals surface area (Å²) in [7, 11) is 2.55. The summed E-state index contributed by atoms with van der Waals surface area (Å²) in [6.07, 6.45) is 0.644. The predicted octanol–water partition coefficient (Wildman–Crippen LogP) is 3.09. The number of carbonyl (C=O) groups is 6. The molecule has 0 saturated carbocycles. The van der Waals surface area contributed by atoms with Gasteiger partial charge < -0.3 is 20.1 Å². The van der Waals surface area contributed by atoms with Crippen molar-refractivity contribution in [2.45, 2.75) is 24.9 Å². The number of anilines is 2. The van der Waals surface area contributed by atoms with Gasteiger partial charge in [0.15, 0.2) is 11.6 Å². The van der Waals surface area contributed by atoms with Crippen molar-refractivity contribution in [2.24, 2.45) is 0 Å². The first kappa shape index (κ1) is 35.3. The van der Waals surface area contributed by atoms with Crippen LogP contribution in [0.3, 0.4) is 0 Å². The number of nitrogens with one attached hydrogen (secondary N) is 4. The highest BCUT2D eigenvalue weighted by Crippen LogP contribution is 2.31. The Hall–Kier alpha value is -5.98. The van der Waals surface area contributed by atoms with Crippen LogP contribution in [0.15, 0.2) is 97.1 Å². The van der Waals surface area contributed by atoms with Gasteiger partial charge in [0.1, 0.15) is 12.1 Å². The van der Waals surface area contributed by atoms with Crippen molar-refractivity contribution in [2.75, 3.05) is 37.9 Å². The van der Waals surface area contributed by atoms with Crippen LogP contribution in [-0.2, 0) is 41.5 Å². The number of ether oxygens (including phenoxy) is 2. The molecule has 0 saturated heterocycles. The fraction of sp³-hybridized carbons (Fsp3) is 0.211. The first-order valence-corrected chi connectivity index (χ1v) is 15.8. The van der Waals surface area contributed by atoms with Gasteiger partial charge in [-0.25, -0.2) is 0 Å². The van der Waals surface area contributed by atoms with Crippen LogP contribution in [0, 0.1) is 0 Å². The van der Waals surface area contributed by atoms with E-state index in [9.17, 15) is 28.8 Å². The zero-order valence-electron chi connectivity index (χ0n) is 27.5. The number of esters is 2. The van der Waals surface area contributed by atoms with Crippen molar-refractivity contribution in [1.29, 1.82) is 0 Å². The van der Waals surface area contributed by atoms with Crippen molar-refractivity contribution >= 4 is 46.7 Å². The Bertz CT molecular complexity index is 1770. The smallest absolute Gasteiger partial charge is 0.323 e. The minimum Gasteiger partial charge on any atom is -0.468 e. The summed E-state index contributed by atoms with van der Waals surface area (Å²) in [6.45, 7) is -0.417. The second-order valence-corrected chi connectivity index (χ2v) is 11.6. The molecule has 4 aromatic carbocycles. The first-order chi connectivity index (χ1) is 24.2. The van der Waals surface area contributed by atoms with Crippen LogP contribution in [0.5, 0.6) is 0 Å². The summed E-state index contributed by atoms with van der Waals surface area (Å²) in [5.74, 6) is -2.78. The summed E-state index contributed by atoms with van der Waals surface area (Å²) in [5, 5.41) is 11.2. The third-order valence-electron chi connectivity index (χ3n) is 8.14. The van der Waals surface area contributed by atoms with Crippen molar-refractivity contribution in [3.8, 4) is 0 Å². The fourth-order valence-corrected chi connectivity index (χ4v) is 5.61. The Kier molecular flexibility index (Phi) is 11.6. The van der Waals surface area contributed by atoms with E-state index in [1.54, 1.807) is 0 Å². The van der Waals surface area contributed by atoms with Gasteiger partial charge in [0.2, 0.25) is 11.8 Å². The summed E-state index contributed by atoms with van der Waals surface area (Å²) in [4.78, 5) is 77.1. The first-order valence-electron chi connectivity index (χ1n) is 15.8. The van der Waals surface area contributed by atoms with Crippen LogP contribution < -0.4 is 21.3 Å². The van der Waals surface area contributed by atoms with E-state index in [2.05, 4.69) is 21.3 Å². The number of hydrogen-bond acceptors (Lipinski definition) is 10. The molecule has 50 heavy (non-hydrogen) atoms. The maximum Gasteiger partial charge on any atom is 0.323 e. The number of hydrogen-bond donors (Lipinski definition) is 4. The van der Waals surface area contributed by atoms with Crippen molar-refractivity contribution < 1.29 is 38.2 Å². The van der Waals surface area contributed by atoms with Gasteiger partial charge in [-0.15, -0.1) is 0 Å². The highest BCUT2D eigenvalue weighted by atomic mass is 16.5. The quantitative estimate of drug-likeness (QED) is 0.128. The van der Waals surface area contributed by atoms with E-state index in [0.717, 1.165) is 11.1 Å². The second-order valence-electron chi connectivity index (χ2n) is 11.6. The van der Waals surface area contributed by atoms with Gasteiger partial charge in [0, 0.05) is 33.6 Å². The monoisotopic (exact) mass is 676 g/mol. The second kappa shape index (κ2) is 16.4. The lowest BCUT2D eigenvalue weighted by molar-refractivity contribution is -0.144. The molecule has 2 atom stereocenters. The van der Waals surface area contributed by atoms with E-state index in [-0.39, 0.29) is 35.3 Å². The normalized spacial score (nSPS) is 12.9. The van der Waals surface area contributed by atoms with E-state index in [1.807, 2.05) is 60.7 Å². The molecule has 1 aliphatic rings. The van der Waals surface area contributed by atoms with E-state index in [1.165, 1.54) is 50.6 Å².